The van der Waals surface area contributed by atoms with Gasteiger partial charge >= 0.3 is 0 Å². The van der Waals surface area contributed by atoms with E-state index in [0.29, 0.717) is 34.6 Å². The van der Waals surface area contributed by atoms with Crippen LogP contribution in [0.1, 0.15) is 40.5 Å². The molecule has 2 aromatic rings. The molecule has 2 bridgehead atoms. The second-order valence-electron chi connectivity index (χ2n) is 7.60. The van der Waals surface area contributed by atoms with Crippen LogP contribution in [0.3, 0.4) is 0 Å². The minimum atomic E-state index is -0.543. The summed E-state index contributed by atoms with van der Waals surface area (Å²) in [7, 11) is 0. The third kappa shape index (κ3) is 3.60. The molecule has 3 saturated heterocycles. The number of carbonyl (C=O) groups excluding carboxylic acids is 2. The zero-order valence-corrected chi connectivity index (χ0v) is 15.9. The molecule has 0 aromatic heterocycles. The van der Waals surface area contributed by atoms with E-state index >= 15 is 0 Å². The van der Waals surface area contributed by atoms with E-state index in [1.807, 2.05) is 0 Å². The fourth-order valence-electron chi connectivity index (χ4n) is 4.34. The van der Waals surface area contributed by atoms with Crippen molar-refractivity contribution in [2.24, 2.45) is 11.7 Å². The first-order valence-corrected chi connectivity index (χ1v) is 9.74. The molecule has 0 unspecified atom stereocenters. The Bertz CT molecular complexity index is 871. The summed E-state index contributed by atoms with van der Waals surface area (Å²) in [6, 6.07) is 14.3. The zero-order valence-electron chi connectivity index (χ0n) is 15.9. The van der Waals surface area contributed by atoms with Gasteiger partial charge in [0.05, 0.1) is 5.56 Å². The van der Waals surface area contributed by atoms with Crippen molar-refractivity contribution in [3.05, 3.63) is 59.7 Å². The SMILES string of the molecule is C[C@H]1[C@H](NC(=O)c2ccc(Oc3ccccc3C(N)=O)cc2)C2CCN1CC2. The maximum absolute atomic E-state index is 12.7. The summed E-state index contributed by atoms with van der Waals surface area (Å²) in [5, 5.41) is 3.23. The average Bonchev–Trinajstić information content (AvgIpc) is 2.71. The van der Waals surface area contributed by atoms with Crippen LogP contribution in [0, 0.1) is 5.92 Å². The lowest BCUT2D eigenvalue weighted by Crippen LogP contribution is -2.62. The molecule has 0 spiro atoms. The smallest absolute Gasteiger partial charge is 0.252 e. The van der Waals surface area contributed by atoms with Crippen molar-refractivity contribution in [3.63, 3.8) is 0 Å². The topological polar surface area (TPSA) is 84.7 Å². The van der Waals surface area contributed by atoms with Crippen molar-refractivity contribution >= 4 is 11.8 Å². The molecule has 3 heterocycles. The Morgan fingerprint density at radius 3 is 2.39 bits per heavy atom. The van der Waals surface area contributed by atoms with Gasteiger partial charge < -0.3 is 15.8 Å². The summed E-state index contributed by atoms with van der Waals surface area (Å²) >= 11 is 0. The Balaban J connectivity index is 1.43. The molecule has 0 saturated carbocycles. The molecule has 2 amide bonds. The van der Waals surface area contributed by atoms with E-state index in [4.69, 9.17) is 10.5 Å². The molecule has 2 atom stereocenters. The number of carbonyl (C=O) groups is 2. The standard InChI is InChI=1S/C22H25N3O3/c1-14-20(15-10-12-25(14)13-11-15)24-22(27)16-6-8-17(9-7-16)28-19-5-3-2-4-18(19)21(23)26/h2-9,14-15,20H,10-13H2,1H3,(H2,23,26)(H,24,27)/t14-,20-/m0/s1. The number of benzene rings is 2. The largest absolute Gasteiger partial charge is 0.457 e. The highest BCUT2D eigenvalue weighted by Gasteiger charge is 2.40. The van der Waals surface area contributed by atoms with Crippen molar-refractivity contribution in [2.75, 3.05) is 13.1 Å². The van der Waals surface area contributed by atoms with E-state index in [0.717, 1.165) is 25.9 Å². The third-order valence-electron chi connectivity index (χ3n) is 5.97. The number of nitrogens with two attached hydrogens (primary N) is 1. The van der Waals surface area contributed by atoms with Crippen molar-refractivity contribution in [3.8, 4) is 11.5 Å². The number of nitrogens with one attached hydrogen (secondary N) is 1. The molecule has 3 fully saturated rings. The van der Waals surface area contributed by atoms with Gasteiger partial charge in [-0.2, -0.15) is 0 Å². The fraction of sp³-hybridized carbons (Fsp3) is 0.364. The lowest BCUT2D eigenvalue weighted by molar-refractivity contribution is 0.0217. The molecule has 3 aliphatic heterocycles. The summed E-state index contributed by atoms with van der Waals surface area (Å²) in [5.74, 6) is 0.902. The van der Waals surface area contributed by atoms with Crippen LogP contribution in [0.4, 0.5) is 0 Å². The van der Waals surface area contributed by atoms with Crippen LogP contribution in [0.5, 0.6) is 11.5 Å². The number of para-hydroxylation sites is 1. The van der Waals surface area contributed by atoms with Crippen molar-refractivity contribution < 1.29 is 14.3 Å². The lowest BCUT2D eigenvalue weighted by Gasteiger charge is -2.49. The Morgan fingerprint density at radius 2 is 1.75 bits per heavy atom. The van der Waals surface area contributed by atoms with E-state index in [1.165, 1.54) is 0 Å². The van der Waals surface area contributed by atoms with Gasteiger partial charge in [-0.3, -0.25) is 14.5 Å². The number of fused-ring (bicyclic) bond motifs is 3. The van der Waals surface area contributed by atoms with Crippen LogP contribution in [0.2, 0.25) is 0 Å². The first-order chi connectivity index (χ1) is 13.5. The molecule has 6 nitrogen and oxygen atoms in total. The summed E-state index contributed by atoms with van der Waals surface area (Å²) in [6.45, 7) is 4.47. The molecule has 146 valence electrons. The predicted molar refractivity (Wildman–Crippen MR) is 106 cm³/mol. The van der Waals surface area contributed by atoms with Crippen LogP contribution in [-0.2, 0) is 0 Å². The molecule has 6 heteroatoms. The molecule has 0 radical (unpaired) electrons. The van der Waals surface area contributed by atoms with Crippen LogP contribution >= 0.6 is 0 Å². The number of primary amides is 1. The normalized spacial score (nSPS) is 25.9. The van der Waals surface area contributed by atoms with E-state index in [2.05, 4.69) is 17.1 Å². The monoisotopic (exact) mass is 379 g/mol. The first-order valence-electron chi connectivity index (χ1n) is 9.74. The summed E-state index contributed by atoms with van der Waals surface area (Å²) in [6.07, 6.45) is 2.31. The van der Waals surface area contributed by atoms with Gasteiger partial charge in [0.1, 0.15) is 11.5 Å². The Labute approximate surface area is 164 Å². The maximum Gasteiger partial charge on any atom is 0.252 e. The van der Waals surface area contributed by atoms with E-state index in [-0.39, 0.29) is 11.9 Å². The highest BCUT2D eigenvalue weighted by molar-refractivity contribution is 5.96. The summed E-state index contributed by atoms with van der Waals surface area (Å²) in [4.78, 5) is 26.7. The summed E-state index contributed by atoms with van der Waals surface area (Å²) in [5.41, 5.74) is 6.30. The van der Waals surface area contributed by atoms with Gasteiger partial charge in [-0.15, -0.1) is 0 Å². The van der Waals surface area contributed by atoms with Gasteiger partial charge in [0.2, 0.25) is 0 Å². The van der Waals surface area contributed by atoms with Crippen LogP contribution in [-0.4, -0.2) is 41.9 Å². The van der Waals surface area contributed by atoms with E-state index < -0.39 is 5.91 Å². The Morgan fingerprint density at radius 1 is 1.07 bits per heavy atom. The molecular weight excluding hydrogens is 354 g/mol. The number of amides is 2. The number of piperidine rings is 3. The van der Waals surface area contributed by atoms with Crippen molar-refractivity contribution in [2.45, 2.75) is 31.8 Å². The second kappa shape index (κ2) is 7.64. The minimum absolute atomic E-state index is 0.0605. The summed E-state index contributed by atoms with van der Waals surface area (Å²) < 4.78 is 5.77. The van der Waals surface area contributed by atoms with Crippen LogP contribution in [0.15, 0.2) is 48.5 Å². The van der Waals surface area contributed by atoms with Gasteiger partial charge in [0, 0.05) is 17.6 Å². The number of hydrogen-bond acceptors (Lipinski definition) is 4. The Kier molecular flexibility index (Phi) is 5.05. The van der Waals surface area contributed by atoms with Crippen LogP contribution in [0.25, 0.3) is 0 Å². The third-order valence-corrected chi connectivity index (χ3v) is 5.97. The predicted octanol–water partition coefficient (Wildman–Crippen LogP) is 2.79. The molecular formula is C22H25N3O3. The second-order valence-corrected chi connectivity index (χ2v) is 7.60. The van der Waals surface area contributed by atoms with Gasteiger partial charge in [-0.25, -0.2) is 0 Å². The zero-order chi connectivity index (χ0) is 19.7. The Hall–Kier alpha value is -2.86. The molecule has 28 heavy (non-hydrogen) atoms. The molecule has 2 aromatic carbocycles. The lowest BCUT2D eigenvalue weighted by atomic mass is 9.79. The molecule has 3 N–H and O–H groups in total. The van der Waals surface area contributed by atoms with Gasteiger partial charge in [0.25, 0.3) is 11.8 Å². The van der Waals surface area contributed by atoms with E-state index in [9.17, 15) is 9.59 Å². The average molecular weight is 379 g/mol. The number of ether oxygens (including phenoxy) is 1. The van der Waals surface area contributed by atoms with Gasteiger partial charge in [-0.1, -0.05) is 12.1 Å². The fourth-order valence-corrected chi connectivity index (χ4v) is 4.34. The molecule has 3 aliphatic rings. The van der Waals surface area contributed by atoms with E-state index in [1.54, 1.807) is 48.5 Å². The minimum Gasteiger partial charge on any atom is -0.457 e. The van der Waals surface area contributed by atoms with Crippen molar-refractivity contribution in [1.29, 1.82) is 0 Å². The van der Waals surface area contributed by atoms with Gasteiger partial charge in [0.15, 0.2) is 0 Å². The molecule has 5 rings (SSSR count). The first kappa shape index (κ1) is 18.5. The number of nitrogens with zero attached hydrogens (tertiary/aromatic N) is 1. The number of hydrogen-bond donors (Lipinski definition) is 2. The van der Waals surface area contributed by atoms with Crippen LogP contribution < -0.4 is 15.8 Å². The maximum atomic E-state index is 12.7. The highest BCUT2D eigenvalue weighted by Crippen LogP contribution is 2.32. The number of rotatable bonds is 5. The highest BCUT2D eigenvalue weighted by atomic mass is 16.5. The molecule has 0 aliphatic carbocycles. The quantitative estimate of drug-likeness (QED) is 0.837. The van der Waals surface area contributed by atoms with Crippen molar-refractivity contribution in [1.82, 2.24) is 10.2 Å². The van der Waals surface area contributed by atoms with Gasteiger partial charge in [-0.05, 0) is 75.2 Å².